The molecule has 0 aromatic heterocycles. The molecule has 0 aromatic rings. The van der Waals surface area contributed by atoms with Crippen molar-refractivity contribution in [2.24, 2.45) is 5.92 Å². The molecular formula is C10H18F2OSi. The first-order valence-electron chi connectivity index (χ1n) is 5.38. The number of hydrogen-bond donors (Lipinski definition) is 0. The third-order valence-electron chi connectivity index (χ3n) is 3.26. The zero-order chi connectivity index (χ0) is 10.6. The monoisotopic (exact) mass is 220 g/mol. The Morgan fingerprint density at radius 1 is 1.21 bits per heavy atom. The summed E-state index contributed by atoms with van der Waals surface area (Å²) in [5.74, 6) is -3.01. The van der Waals surface area contributed by atoms with Crippen LogP contribution in [0.25, 0.3) is 0 Å². The van der Waals surface area contributed by atoms with Gasteiger partial charge in [0.2, 0.25) is 0 Å². The van der Waals surface area contributed by atoms with Crippen LogP contribution < -0.4 is 0 Å². The molecule has 2 aliphatic carbocycles. The molecule has 82 valence electrons. The smallest absolute Gasteiger partial charge is 0.281 e. The summed E-state index contributed by atoms with van der Waals surface area (Å²) in [6.07, 6.45) is 3.06. The Hall–Kier alpha value is 0.0369. The number of hydrogen-bond acceptors (Lipinski definition) is 1. The minimum absolute atomic E-state index is 0.476. The third-order valence-corrected chi connectivity index (χ3v) is 4.24. The zero-order valence-electron chi connectivity index (χ0n) is 9.07. The summed E-state index contributed by atoms with van der Waals surface area (Å²) < 4.78 is 32.9. The van der Waals surface area contributed by atoms with Crippen LogP contribution in [0.1, 0.15) is 25.7 Å². The van der Waals surface area contributed by atoms with E-state index in [1.807, 2.05) is 19.6 Å². The van der Waals surface area contributed by atoms with Crippen molar-refractivity contribution in [2.45, 2.75) is 56.8 Å². The SMILES string of the molecule is C[Si](C)(C)O[C@@]12CCCC[C@H]1C2(F)F. The molecule has 0 N–H and O–H groups in total. The van der Waals surface area contributed by atoms with Crippen molar-refractivity contribution in [1.29, 1.82) is 0 Å². The lowest BCUT2D eigenvalue weighted by molar-refractivity contribution is 0.00121. The Labute approximate surface area is 85.0 Å². The van der Waals surface area contributed by atoms with E-state index in [-0.39, 0.29) is 0 Å². The van der Waals surface area contributed by atoms with Gasteiger partial charge in [0.1, 0.15) is 5.60 Å². The molecular weight excluding hydrogens is 202 g/mol. The van der Waals surface area contributed by atoms with Crippen molar-refractivity contribution in [3.05, 3.63) is 0 Å². The van der Waals surface area contributed by atoms with Gasteiger partial charge in [-0.15, -0.1) is 0 Å². The van der Waals surface area contributed by atoms with Crippen LogP contribution in [0.4, 0.5) is 8.78 Å². The predicted octanol–water partition coefficient (Wildman–Crippen LogP) is 3.42. The lowest BCUT2D eigenvalue weighted by Crippen LogP contribution is -2.38. The Bertz CT molecular complexity index is 249. The van der Waals surface area contributed by atoms with Gasteiger partial charge in [0, 0.05) is 0 Å². The van der Waals surface area contributed by atoms with Crippen LogP contribution >= 0.6 is 0 Å². The fourth-order valence-electron chi connectivity index (χ4n) is 2.73. The van der Waals surface area contributed by atoms with Crippen molar-refractivity contribution < 1.29 is 13.2 Å². The van der Waals surface area contributed by atoms with Gasteiger partial charge in [-0.1, -0.05) is 12.8 Å². The fourth-order valence-corrected chi connectivity index (χ4v) is 4.21. The highest BCUT2D eigenvalue weighted by atomic mass is 28.4. The normalized spacial score (nSPS) is 40.5. The summed E-state index contributed by atoms with van der Waals surface area (Å²) in [6, 6.07) is 0. The van der Waals surface area contributed by atoms with Crippen LogP contribution in [0.2, 0.25) is 19.6 Å². The van der Waals surface area contributed by atoms with Gasteiger partial charge < -0.3 is 4.43 Å². The van der Waals surface area contributed by atoms with Gasteiger partial charge in [-0.2, -0.15) is 0 Å². The van der Waals surface area contributed by atoms with E-state index in [1.54, 1.807) is 0 Å². The standard InChI is InChI=1S/C10H18F2OSi/c1-14(2,3)13-9-7-5-4-6-8(9)10(9,11)12/h8H,4-7H2,1-3H3/t8-,9+/m1/s1. The quantitative estimate of drug-likeness (QED) is 0.648. The second-order valence-corrected chi connectivity index (χ2v) is 9.95. The largest absolute Gasteiger partial charge is 0.405 e. The molecule has 2 fully saturated rings. The Kier molecular flexibility index (Phi) is 2.10. The highest BCUT2D eigenvalue weighted by Gasteiger charge is 2.82. The van der Waals surface area contributed by atoms with Crippen LogP contribution in [0, 0.1) is 5.92 Å². The Balaban J connectivity index is 2.15. The number of fused-ring (bicyclic) bond motifs is 1. The van der Waals surface area contributed by atoms with Crippen LogP contribution in [-0.4, -0.2) is 19.8 Å². The summed E-state index contributed by atoms with van der Waals surface area (Å²) in [7, 11) is -1.84. The summed E-state index contributed by atoms with van der Waals surface area (Å²) in [6.45, 7) is 5.96. The molecule has 1 nitrogen and oxygen atoms in total. The van der Waals surface area contributed by atoms with Crippen LogP contribution in [0.15, 0.2) is 0 Å². The second-order valence-electron chi connectivity index (χ2n) is 5.53. The van der Waals surface area contributed by atoms with Gasteiger partial charge in [0.25, 0.3) is 5.92 Å². The first kappa shape index (κ1) is 10.6. The molecule has 0 radical (unpaired) electrons. The molecule has 2 aliphatic rings. The second kappa shape index (κ2) is 2.79. The van der Waals surface area contributed by atoms with Crippen molar-refractivity contribution in [1.82, 2.24) is 0 Å². The van der Waals surface area contributed by atoms with Gasteiger partial charge in [0.15, 0.2) is 8.32 Å². The van der Waals surface area contributed by atoms with Crippen molar-refractivity contribution in [3.63, 3.8) is 0 Å². The maximum atomic E-state index is 13.6. The first-order chi connectivity index (χ1) is 6.30. The first-order valence-corrected chi connectivity index (χ1v) is 8.78. The van der Waals surface area contributed by atoms with Crippen molar-refractivity contribution in [2.75, 3.05) is 0 Å². The maximum absolute atomic E-state index is 13.6. The summed E-state index contributed by atoms with van der Waals surface area (Å²) in [4.78, 5) is 0. The maximum Gasteiger partial charge on any atom is 0.281 e. The van der Waals surface area contributed by atoms with E-state index in [9.17, 15) is 8.78 Å². The molecule has 2 saturated carbocycles. The Morgan fingerprint density at radius 2 is 1.86 bits per heavy atom. The molecule has 0 heterocycles. The number of halogens is 2. The molecule has 2 atom stereocenters. The lowest BCUT2D eigenvalue weighted by atomic mass is 9.98. The average Bonchev–Trinajstić information content (AvgIpc) is 2.46. The van der Waals surface area contributed by atoms with E-state index in [1.165, 1.54) is 0 Å². The van der Waals surface area contributed by atoms with E-state index < -0.39 is 25.8 Å². The summed E-state index contributed by atoms with van der Waals surface area (Å²) >= 11 is 0. The minimum Gasteiger partial charge on any atom is -0.405 e. The summed E-state index contributed by atoms with van der Waals surface area (Å²) in [5, 5.41) is 0. The molecule has 0 unspecified atom stereocenters. The van der Waals surface area contributed by atoms with E-state index in [0.29, 0.717) is 12.8 Å². The van der Waals surface area contributed by atoms with Gasteiger partial charge in [-0.3, -0.25) is 0 Å². The zero-order valence-corrected chi connectivity index (χ0v) is 10.1. The topological polar surface area (TPSA) is 9.23 Å². The van der Waals surface area contributed by atoms with Crippen LogP contribution in [0.5, 0.6) is 0 Å². The molecule has 14 heavy (non-hydrogen) atoms. The highest BCUT2D eigenvalue weighted by Crippen LogP contribution is 2.68. The Morgan fingerprint density at radius 3 is 2.36 bits per heavy atom. The minimum atomic E-state index is -2.54. The summed E-state index contributed by atoms with van der Waals surface area (Å²) in [5.41, 5.74) is -1.05. The van der Waals surface area contributed by atoms with Gasteiger partial charge >= 0.3 is 0 Å². The van der Waals surface area contributed by atoms with Crippen molar-refractivity contribution in [3.8, 4) is 0 Å². The molecule has 4 heteroatoms. The molecule has 2 rings (SSSR count). The van der Waals surface area contributed by atoms with Gasteiger partial charge in [-0.25, -0.2) is 8.78 Å². The molecule has 0 aromatic carbocycles. The molecule has 0 amide bonds. The molecule has 0 spiro atoms. The number of alkyl halides is 2. The van der Waals surface area contributed by atoms with E-state index >= 15 is 0 Å². The van der Waals surface area contributed by atoms with Crippen LogP contribution in [-0.2, 0) is 4.43 Å². The van der Waals surface area contributed by atoms with Gasteiger partial charge in [0.05, 0.1) is 5.92 Å². The molecule has 0 aliphatic heterocycles. The van der Waals surface area contributed by atoms with E-state index in [4.69, 9.17) is 4.43 Å². The van der Waals surface area contributed by atoms with E-state index in [0.717, 1.165) is 12.8 Å². The van der Waals surface area contributed by atoms with Crippen LogP contribution in [0.3, 0.4) is 0 Å². The number of rotatable bonds is 2. The predicted molar refractivity (Wildman–Crippen MR) is 54.1 cm³/mol. The highest BCUT2D eigenvalue weighted by molar-refractivity contribution is 6.69. The van der Waals surface area contributed by atoms with E-state index in [2.05, 4.69) is 0 Å². The lowest BCUT2D eigenvalue weighted by Gasteiger charge is -2.29. The fraction of sp³-hybridized carbons (Fsp3) is 1.00. The third kappa shape index (κ3) is 1.34. The van der Waals surface area contributed by atoms with Gasteiger partial charge in [-0.05, 0) is 32.5 Å². The van der Waals surface area contributed by atoms with Crippen molar-refractivity contribution >= 4 is 8.32 Å². The molecule has 0 saturated heterocycles. The molecule has 0 bridgehead atoms. The average molecular weight is 220 g/mol.